The number of carboxylic acid groups (broad SMARTS) is 1. The van der Waals surface area contributed by atoms with Crippen molar-refractivity contribution >= 4 is 33.5 Å². The summed E-state index contributed by atoms with van der Waals surface area (Å²) < 4.78 is 28.1. The molecule has 0 radical (unpaired) electrons. The average molecular weight is 319 g/mol. The molecule has 0 aromatic heterocycles. The van der Waals surface area contributed by atoms with Crippen molar-refractivity contribution in [3.63, 3.8) is 0 Å². The van der Waals surface area contributed by atoms with Gasteiger partial charge in [-0.2, -0.15) is 12.7 Å². The molecule has 1 aliphatic heterocycles. The van der Waals surface area contributed by atoms with Crippen LogP contribution in [0.25, 0.3) is 0 Å². The maximum atomic E-state index is 12.2. The maximum absolute atomic E-state index is 12.2. The van der Waals surface area contributed by atoms with Gasteiger partial charge >= 0.3 is 16.2 Å². The SMILES string of the molecule is O=C(O)c1cc(Cl)ccc1NS(=O)(=O)N1CCCCC1. The minimum Gasteiger partial charge on any atom is -0.478 e. The van der Waals surface area contributed by atoms with E-state index in [1.807, 2.05) is 0 Å². The van der Waals surface area contributed by atoms with E-state index in [2.05, 4.69) is 4.72 Å². The highest BCUT2D eigenvalue weighted by atomic mass is 35.5. The highest BCUT2D eigenvalue weighted by molar-refractivity contribution is 7.90. The van der Waals surface area contributed by atoms with Crippen molar-refractivity contribution < 1.29 is 18.3 Å². The Morgan fingerprint density at radius 2 is 1.90 bits per heavy atom. The topological polar surface area (TPSA) is 86.7 Å². The molecule has 1 aromatic carbocycles. The molecule has 2 N–H and O–H groups in total. The molecule has 0 spiro atoms. The smallest absolute Gasteiger partial charge is 0.337 e. The molecule has 2 rings (SSSR count). The van der Waals surface area contributed by atoms with Crippen LogP contribution in [0.4, 0.5) is 5.69 Å². The number of hydrogen-bond donors (Lipinski definition) is 2. The summed E-state index contributed by atoms with van der Waals surface area (Å²) in [5.74, 6) is -1.23. The summed E-state index contributed by atoms with van der Waals surface area (Å²) in [5, 5.41) is 9.33. The van der Waals surface area contributed by atoms with Gasteiger partial charge in [0, 0.05) is 18.1 Å². The van der Waals surface area contributed by atoms with Gasteiger partial charge in [-0.1, -0.05) is 18.0 Å². The molecule has 1 saturated heterocycles. The van der Waals surface area contributed by atoms with Gasteiger partial charge in [0.2, 0.25) is 0 Å². The third kappa shape index (κ3) is 3.41. The molecule has 0 bridgehead atoms. The van der Waals surface area contributed by atoms with Crippen molar-refractivity contribution in [2.45, 2.75) is 19.3 Å². The molecule has 1 aromatic rings. The van der Waals surface area contributed by atoms with Crippen LogP contribution in [-0.4, -0.2) is 36.9 Å². The van der Waals surface area contributed by atoms with Crippen molar-refractivity contribution in [1.29, 1.82) is 0 Å². The predicted octanol–water partition coefficient (Wildman–Crippen LogP) is 2.18. The quantitative estimate of drug-likeness (QED) is 0.890. The molecule has 8 heteroatoms. The number of anilines is 1. The lowest BCUT2D eigenvalue weighted by atomic mass is 10.2. The minimum atomic E-state index is -3.73. The van der Waals surface area contributed by atoms with E-state index in [-0.39, 0.29) is 16.3 Å². The van der Waals surface area contributed by atoms with Gasteiger partial charge in [-0.15, -0.1) is 0 Å². The number of nitrogens with zero attached hydrogens (tertiary/aromatic N) is 1. The molecule has 6 nitrogen and oxygen atoms in total. The second-order valence-corrected chi connectivity index (χ2v) is 6.67. The van der Waals surface area contributed by atoms with Gasteiger partial charge in [-0.05, 0) is 31.0 Å². The van der Waals surface area contributed by atoms with Crippen LogP contribution in [0.1, 0.15) is 29.6 Å². The summed E-state index contributed by atoms with van der Waals surface area (Å²) in [6.45, 7) is 0.899. The maximum Gasteiger partial charge on any atom is 0.337 e. The Morgan fingerprint density at radius 3 is 2.50 bits per heavy atom. The molecule has 0 unspecified atom stereocenters. The zero-order valence-electron chi connectivity index (χ0n) is 10.7. The van der Waals surface area contributed by atoms with E-state index < -0.39 is 16.2 Å². The van der Waals surface area contributed by atoms with Crippen LogP contribution >= 0.6 is 11.6 Å². The van der Waals surface area contributed by atoms with Gasteiger partial charge < -0.3 is 5.11 Å². The van der Waals surface area contributed by atoms with Crippen LogP contribution in [0.5, 0.6) is 0 Å². The molecule has 0 aliphatic carbocycles. The number of rotatable bonds is 4. The molecule has 0 saturated carbocycles. The van der Waals surface area contributed by atoms with Gasteiger partial charge in [-0.3, -0.25) is 4.72 Å². The summed E-state index contributed by atoms with van der Waals surface area (Å²) in [5.41, 5.74) is -0.148. The minimum absolute atomic E-state index is 0.0208. The van der Waals surface area contributed by atoms with Crippen molar-refractivity contribution in [1.82, 2.24) is 4.31 Å². The first-order valence-corrected chi connectivity index (χ1v) is 8.03. The molecule has 1 aliphatic rings. The van der Waals surface area contributed by atoms with Crippen molar-refractivity contribution in [3.8, 4) is 0 Å². The van der Waals surface area contributed by atoms with E-state index >= 15 is 0 Å². The first-order valence-electron chi connectivity index (χ1n) is 6.21. The van der Waals surface area contributed by atoms with Crippen LogP contribution in [0.2, 0.25) is 5.02 Å². The van der Waals surface area contributed by atoms with E-state index in [0.29, 0.717) is 13.1 Å². The summed E-state index contributed by atoms with van der Waals surface area (Å²) in [7, 11) is -3.73. The Labute approximate surface area is 122 Å². The van der Waals surface area contributed by atoms with E-state index in [0.717, 1.165) is 19.3 Å². The van der Waals surface area contributed by atoms with Gasteiger partial charge in [0.1, 0.15) is 0 Å². The zero-order valence-corrected chi connectivity index (χ0v) is 12.2. The van der Waals surface area contributed by atoms with Crippen LogP contribution < -0.4 is 4.72 Å². The number of hydrogen-bond acceptors (Lipinski definition) is 3. The van der Waals surface area contributed by atoms with Crippen LogP contribution in [0.15, 0.2) is 18.2 Å². The largest absolute Gasteiger partial charge is 0.478 e. The Balaban J connectivity index is 2.27. The fourth-order valence-corrected chi connectivity index (χ4v) is 3.59. The lowest BCUT2D eigenvalue weighted by Gasteiger charge is -2.26. The third-order valence-electron chi connectivity index (χ3n) is 3.11. The highest BCUT2D eigenvalue weighted by Gasteiger charge is 2.25. The fraction of sp³-hybridized carbons (Fsp3) is 0.417. The Morgan fingerprint density at radius 1 is 1.25 bits per heavy atom. The molecular formula is C12H15ClN2O4S. The molecule has 1 fully saturated rings. The number of halogens is 1. The molecule has 20 heavy (non-hydrogen) atoms. The average Bonchev–Trinajstić information content (AvgIpc) is 2.41. The molecule has 0 atom stereocenters. The van der Waals surface area contributed by atoms with Crippen LogP contribution in [-0.2, 0) is 10.2 Å². The van der Waals surface area contributed by atoms with E-state index in [1.54, 1.807) is 0 Å². The standard InChI is InChI=1S/C12H15ClN2O4S/c13-9-4-5-11(10(8-9)12(16)17)14-20(18,19)15-6-2-1-3-7-15/h4-5,8,14H,1-3,6-7H2,(H,16,17). The molecule has 110 valence electrons. The Hall–Kier alpha value is -1.31. The molecule has 1 heterocycles. The lowest BCUT2D eigenvalue weighted by molar-refractivity contribution is 0.0698. The number of piperidine rings is 1. The van der Waals surface area contributed by atoms with E-state index in [4.69, 9.17) is 16.7 Å². The number of nitrogens with one attached hydrogen (secondary N) is 1. The van der Waals surface area contributed by atoms with Crippen LogP contribution in [0, 0.1) is 0 Å². The van der Waals surface area contributed by atoms with Gasteiger partial charge in [-0.25, -0.2) is 4.79 Å². The third-order valence-corrected chi connectivity index (χ3v) is 4.86. The lowest BCUT2D eigenvalue weighted by Crippen LogP contribution is -2.39. The second kappa shape index (κ2) is 5.99. The predicted molar refractivity (Wildman–Crippen MR) is 76.4 cm³/mol. The summed E-state index contributed by atoms with van der Waals surface area (Å²) >= 11 is 5.73. The number of carbonyl (C=O) groups is 1. The van der Waals surface area contributed by atoms with E-state index in [9.17, 15) is 13.2 Å². The van der Waals surface area contributed by atoms with Crippen molar-refractivity contribution in [3.05, 3.63) is 28.8 Å². The van der Waals surface area contributed by atoms with Crippen molar-refractivity contribution in [2.24, 2.45) is 0 Å². The van der Waals surface area contributed by atoms with Crippen molar-refractivity contribution in [2.75, 3.05) is 17.8 Å². The van der Waals surface area contributed by atoms with Gasteiger partial charge in [0.15, 0.2) is 0 Å². The Kier molecular flexibility index (Phi) is 4.52. The fourth-order valence-electron chi connectivity index (χ4n) is 2.09. The second-order valence-electron chi connectivity index (χ2n) is 4.56. The number of benzene rings is 1. The van der Waals surface area contributed by atoms with E-state index in [1.165, 1.54) is 22.5 Å². The summed E-state index contributed by atoms with van der Waals surface area (Å²) in [4.78, 5) is 11.1. The van der Waals surface area contributed by atoms with Gasteiger partial charge in [0.25, 0.3) is 0 Å². The summed E-state index contributed by atoms with van der Waals surface area (Å²) in [6.07, 6.45) is 2.63. The zero-order chi connectivity index (χ0) is 14.8. The number of carboxylic acids is 1. The molecular weight excluding hydrogens is 304 g/mol. The molecule has 0 amide bonds. The summed E-state index contributed by atoms with van der Waals surface area (Å²) in [6, 6.07) is 4.02. The van der Waals surface area contributed by atoms with Gasteiger partial charge in [0.05, 0.1) is 11.3 Å². The Bertz CT molecular complexity index is 612. The normalized spacial score (nSPS) is 16.9. The highest BCUT2D eigenvalue weighted by Crippen LogP contribution is 2.23. The first-order chi connectivity index (χ1) is 9.40. The monoisotopic (exact) mass is 318 g/mol. The van der Waals surface area contributed by atoms with Crippen LogP contribution in [0.3, 0.4) is 0 Å². The first kappa shape index (κ1) is 15.1. The number of aromatic carboxylic acids is 1.